The van der Waals surface area contributed by atoms with Gasteiger partial charge in [-0.25, -0.2) is 9.59 Å². The van der Waals surface area contributed by atoms with E-state index in [1.54, 1.807) is 19.1 Å². The van der Waals surface area contributed by atoms with E-state index in [1.165, 1.54) is 24.1 Å². The summed E-state index contributed by atoms with van der Waals surface area (Å²) in [6.45, 7) is 4.02. The van der Waals surface area contributed by atoms with Crippen LogP contribution in [0.4, 0.5) is 4.79 Å². The van der Waals surface area contributed by atoms with Crippen molar-refractivity contribution in [3.8, 4) is 5.75 Å². The highest BCUT2D eigenvalue weighted by atomic mass is 16.5. The number of phenols is 1. The molecule has 1 atom stereocenters. The summed E-state index contributed by atoms with van der Waals surface area (Å²) < 4.78 is 4.84. The van der Waals surface area contributed by atoms with E-state index in [4.69, 9.17) is 4.74 Å². The zero-order valence-electron chi connectivity index (χ0n) is 12.2. The molecule has 0 spiro atoms. The molecular formula is C15H18N2O4. The third-order valence-electron chi connectivity index (χ3n) is 3.54. The quantitative estimate of drug-likeness (QED) is 0.834. The van der Waals surface area contributed by atoms with E-state index < -0.39 is 12.0 Å². The van der Waals surface area contributed by atoms with Gasteiger partial charge in [-0.2, -0.15) is 0 Å². The molecule has 0 saturated carbocycles. The number of esters is 1. The lowest BCUT2D eigenvalue weighted by molar-refractivity contribution is -0.136. The van der Waals surface area contributed by atoms with E-state index in [1.807, 2.05) is 6.92 Å². The SMILES string of the molecule is CCN1C(=O)NC(c2ccc(O)cc2)C(C(=O)OC)=C1C. The molecule has 0 aliphatic carbocycles. The number of carbonyl (C=O) groups is 2. The molecule has 21 heavy (non-hydrogen) atoms. The van der Waals surface area contributed by atoms with E-state index in [2.05, 4.69) is 5.32 Å². The van der Waals surface area contributed by atoms with Crippen molar-refractivity contribution in [2.75, 3.05) is 13.7 Å². The molecule has 1 aliphatic heterocycles. The zero-order valence-corrected chi connectivity index (χ0v) is 12.2. The Hall–Kier alpha value is -2.50. The van der Waals surface area contributed by atoms with E-state index in [-0.39, 0.29) is 11.8 Å². The minimum Gasteiger partial charge on any atom is -0.508 e. The summed E-state index contributed by atoms with van der Waals surface area (Å²) in [6.07, 6.45) is 0. The van der Waals surface area contributed by atoms with Crippen molar-refractivity contribution in [2.45, 2.75) is 19.9 Å². The van der Waals surface area contributed by atoms with Crippen LogP contribution in [0.2, 0.25) is 0 Å². The number of allylic oxidation sites excluding steroid dienone is 1. The number of nitrogens with zero attached hydrogens (tertiary/aromatic N) is 1. The lowest BCUT2D eigenvalue weighted by Gasteiger charge is -2.34. The van der Waals surface area contributed by atoms with Crippen LogP contribution < -0.4 is 5.32 Å². The highest BCUT2D eigenvalue weighted by Gasteiger charge is 2.35. The van der Waals surface area contributed by atoms with Crippen LogP contribution in [0.25, 0.3) is 0 Å². The van der Waals surface area contributed by atoms with Gasteiger partial charge in [-0.05, 0) is 31.5 Å². The average molecular weight is 290 g/mol. The van der Waals surface area contributed by atoms with Gasteiger partial charge in [0.2, 0.25) is 0 Å². The van der Waals surface area contributed by atoms with E-state index in [0.29, 0.717) is 23.4 Å². The van der Waals surface area contributed by atoms with Crippen LogP contribution in [-0.2, 0) is 9.53 Å². The van der Waals surface area contributed by atoms with Gasteiger partial charge in [-0.3, -0.25) is 4.90 Å². The zero-order chi connectivity index (χ0) is 15.6. The maximum atomic E-state index is 12.1. The second kappa shape index (κ2) is 5.87. The maximum absolute atomic E-state index is 12.1. The molecular weight excluding hydrogens is 272 g/mol. The molecule has 0 saturated heterocycles. The van der Waals surface area contributed by atoms with Gasteiger partial charge >= 0.3 is 12.0 Å². The van der Waals surface area contributed by atoms with Crippen molar-refractivity contribution in [3.63, 3.8) is 0 Å². The second-order valence-electron chi connectivity index (χ2n) is 4.71. The van der Waals surface area contributed by atoms with Crippen LogP contribution in [-0.4, -0.2) is 35.7 Å². The predicted octanol–water partition coefficient (Wildman–Crippen LogP) is 1.93. The van der Waals surface area contributed by atoms with Crippen molar-refractivity contribution in [3.05, 3.63) is 41.1 Å². The Balaban J connectivity index is 2.52. The molecule has 112 valence electrons. The number of urea groups is 1. The van der Waals surface area contributed by atoms with Crippen LogP contribution in [0, 0.1) is 0 Å². The van der Waals surface area contributed by atoms with Gasteiger partial charge in [0, 0.05) is 12.2 Å². The first-order valence-corrected chi connectivity index (χ1v) is 6.65. The Morgan fingerprint density at radius 1 is 1.38 bits per heavy atom. The fourth-order valence-corrected chi connectivity index (χ4v) is 2.45. The summed E-state index contributed by atoms with van der Waals surface area (Å²) in [5.41, 5.74) is 1.67. The Bertz CT molecular complexity index is 592. The maximum Gasteiger partial charge on any atom is 0.337 e. The Labute approximate surface area is 123 Å². The van der Waals surface area contributed by atoms with Gasteiger partial charge in [0.15, 0.2) is 0 Å². The summed E-state index contributed by atoms with van der Waals surface area (Å²) in [5.74, 6) is -0.361. The Kier molecular flexibility index (Phi) is 4.16. The molecule has 1 unspecified atom stereocenters. The molecule has 1 heterocycles. The van der Waals surface area contributed by atoms with Gasteiger partial charge in [0.05, 0.1) is 18.7 Å². The molecule has 0 bridgehead atoms. The van der Waals surface area contributed by atoms with Crippen LogP contribution >= 0.6 is 0 Å². The van der Waals surface area contributed by atoms with Crippen molar-refractivity contribution in [2.24, 2.45) is 0 Å². The fourth-order valence-electron chi connectivity index (χ4n) is 2.45. The first-order valence-electron chi connectivity index (χ1n) is 6.65. The second-order valence-corrected chi connectivity index (χ2v) is 4.71. The summed E-state index contributed by atoms with van der Waals surface area (Å²) in [4.78, 5) is 25.7. The average Bonchev–Trinajstić information content (AvgIpc) is 2.47. The van der Waals surface area contributed by atoms with Crippen LogP contribution in [0.15, 0.2) is 35.5 Å². The molecule has 0 fully saturated rings. The number of benzene rings is 1. The van der Waals surface area contributed by atoms with Crippen molar-refractivity contribution >= 4 is 12.0 Å². The first-order chi connectivity index (χ1) is 9.99. The van der Waals surface area contributed by atoms with Gasteiger partial charge in [0.25, 0.3) is 0 Å². The number of aromatic hydroxyl groups is 1. The number of amides is 2. The lowest BCUT2D eigenvalue weighted by Crippen LogP contribution is -2.47. The highest BCUT2D eigenvalue weighted by molar-refractivity contribution is 5.94. The monoisotopic (exact) mass is 290 g/mol. The molecule has 2 amide bonds. The third-order valence-corrected chi connectivity index (χ3v) is 3.54. The highest BCUT2D eigenvalue weighted by Crippen LogP contribution is 2.31. The van der Waals surface area contributed by atoms with Crippen molar-refractivity contribution in [1.29, 1.82) is 0 Å². The molecule has 6 heteroatoms. The standard InChI is InChI=1S/C15H18N2O4/c1-4-17-9(2)12(14(19)21-3)13(16-15(17)20)10-5-7-11(18)8-6-10/h5-8,13,18H,4H2,1-3H3,(H,16,20). The molecule has 6 nitrogen and oxygen atoms in total. The number of phenolic OH excluding ortho intramolecular Hbond substituents is 1. The number of nitrogens with one attached hydrogen (secondary N) is 1. The number of hydrogen-bond acceptors (Lipinski definition) is 4. The van der Waals surface area contributed by atoms with Gasteiger partial charge in [-0.1, -0.05) is 12.1 Å². The van der Waals surface area contributed by atoms with E-state index >= 15 is 0 Å². The molecule has 1 aliphatic rings. The molecule has 1 aromatic rings. The normalized spacial score (nSPS) is 18.5. The minimum absolute atomic E-state index is 0.122. The molecule has 2 N–H and O–H groups in total. The number of ether oxygens (including phenoxy) is 1. The Morgan fingerprint density at radius 2 is 2.00 bits per heavy atom. The summed E-state index contributed by atoms with van der Waals surface area (Å²) in [6, 6.07) is 5.50. The number of carbonyl (C=O) groups excluding carboxylic acids is 2. The smallest absolute Gasteiger partial charge is 0.337 e. The first kappa shape index (κ1) is 14.9. The van der Waals surface area contributed by atoms with Crippen molar-refractivity contribution < 1.29 is 19.4 Å². The number of hydrogen-bond donors (Lipinski definition) is 2. The van der Waals surface area contributed by atoms with Crippen molar-refractivity contribution in [1.82, 2.24) is 10.2 Å². The number of rotatable bonds is 3. The lowest BCUT2D eigenvalue weighted by atomic mass is 9.95. The van der Waals surface area contributed by atoms with Crippen LogP contribution in [0.3, 0.4) is 0 Å². The topological polar surface area (TPSA) is 78.9 Å². The number of methoxy groups -OCH3 is 1. The third kappa shape index (κ3) is 2.69. The predicted molar refractivity (Wildman–Crippen MR) is 76.5 cm³/mol. The summed E-state index contributed by atoms with van der Waals surface area (Å²) >= 11 is 0. The van der Waals surface area contributed by atoms with Crippen LogP contribution in [0.5, 0.6) is 5.75 Å². The molecule has 1 aromatic carbocycles. The Morgan fingerprint density at radius 3 is 2.52 bits per heavy atom. The van der Waals surface area contributed by atoms with Gasteiger partial charge < -0.3 is 15.2 Å². The molecule has 2 rings (SSSR count). The van der Waals surface area contributed by atoms with E-state index in [9.17, 15) is 14.7 Å². The minimum atomic E-state index is -0.589. The molecule has 0 aromatic heterocycles. The van der Waals surface area contributed by atoms with Gasteiger partial charge in [0.1, 0.15) is 5.75 Å². The molecule has 0 radical (unpaired) electrons. The van der Waals surface area contributed by atoms with E-state index in [0.717, 1.165) is 0 Å². The largest absolute Gasteiger partial charge is 0.508 e. The summed E-state index contributed by atoms with van der Waals surface area (Å²) in [7, 11) is 1.31. The fraction of sp³-hybridized carbons (Fsp3) is 0.333. The van der Waals surface area contributed by atoms with Gasteiger partial charge in [-0.15, -0.1) is 0 Å². The summed E-state index contributed by atoms with van der Waals surface area (Å²) in [5, 5.41) is 12.2. The van der Waals surface area contributed by atoms with Crippen LogP contribution in [0.1, 0.15) is 25.5 Å².